The molecule has 3 heteroatoms. The van der Waals surface area contributed by atoms with Crippen LogP contribution < -0.4 is 15.9 Å². The lowest BCUT2D eigenvalue weighted by Gasteiger charge is -2.21. The number of hydrogen-bond donors (Lipinski definition) is 0. The Morgan fingerprint density at radius 3 is 1.96 bits per heavy atom. The van der Waals surface area contributed by atoms with Crippen molar-refractivity contribution in [3.05, 3.63) is 89.6 Å². The molecule has 0 aliphatic rings. The van der Waals surface area contributed by atoms with E-state index in [2.05, 4.69) is 89.6 Å². The summed E-state index contributed by atoms with van der Waals surface area (Å²) < 4.78 is 2.82. The SMILES string of the molecule is c1ccc(P(c2ccccc2)c2c3ccsc3cc3ccsc23)cc1. The Morgan fingerprint density at radius 2 is 1.28 bits per heavy atom. The molecule has 0 unspecified atom stereocenters. The monoisotopic (exact) mass is 374 g/mol. The predicted molar refractivity (Wildman–Crippen MR) is 116 cm³/mol. The molecule has 0 nitrogen and oxygen atoms in total. The Balaban J connectivity index is 1.89. The third-order valence-corrected chi connectivity index (χ3v) is 8.90. The van der Waals surface area contributed by atoms with Crippen molar-refractivity contribution in [2.75, 3.05) is 0 Å². The fourth-order valence-corrected chi connectivity index (χ4v) is 8.01. The first-order valence-electron chi connectivity index (χ1n) is 8.19. The van der Waals surface area contributed by atoms with Crippen molar-refractivity contribution >= 4 is 66.7 Å². The van der Waals surface area contributed by atoms with Crippen LogP contribution in [0.3, 0.4) is 0 Å². The number of thiophene rings is 2. The highest BCUT2D eigenvalue weighted by atomic mass is 32.1. The first-order chi connectivity index (χ1) is 12.4. The summed E-state index contributed by atoms with van der Waals surface area (Å²) in [6.45, 7) is 0. The molecule has 25 heavy (non-hydrogen) atoms. The molecular weight excluding hydrogens is 359 g/mol. The Kier molecular flexibility index (Phi) is 3.90. The van der Waals surface area contributed by atoms with Gasteiger partial charge in [0.05, 0.1) is 0 Å². The zero-order chi connectivity index (χ0) is 16.6. The van der Waals surface area contributed by atoms with Gasteiger partial charge in [0.25, 0.3) is 0 Å². The zero-order valence-electron chi connectivity index (χ0n) is 13.4. The summed E-state index contributed by atoms with van der Waals surface area (Å²) >= 11 is 3.71. The second-order valence-corrected chi connectivity index (χ2v) is 9.92. The minimum atomic E-state index is -0.577. The molecule has 5 aromatic rings. The summed E-state index contributed by atoms with van der Waals surface area (Å²) in [5.41, 5.74) is 0. The molecule has 5 rings (SSSR count). The van der Waals surface area contributed by atoms with Crippen LogP contribution in [0.15, 0.2) is 89.6 Å². The van der Waals surface area contributed by atoms with Crippen molar-refractivity contribution in [3.8, 4) is 0 Å². The Bertz CT molecular complexity index is 1050. The molecule has 0 fully saturated rings. The fraction of sp³-hybridized carbons (Fsp3) is 0. The molecule has 3 aromatic carbocycles. The van der Waals surface area contributed by atoms with Crippen molar-refractivity contribution in [1.29, 1.82) is 0 Å². The fourth-order valence-electron chi connectivity index (χ4n) is 3.30. The van der Waals surface area contributed by atoms with Gasteiger partial charge >= 0.3 is 0 Å². The van der Waals surface area contributed by atoms with Crippen LogP contribution in [0.2, 0.25) is 0 Å². The number of fused-ring (bicyclic) bond motifs is 2. The molecule has 2 heterocycles. The van der Waals surface area contributed by atoms with Crippen LogP contribution in [0.4, 0.5) is 0 Å². The first-order valence-corrected chi connectivity index (χ1v) is 11.3. The van der Waals surface area contributed by atoms with Gasteiger partial charge in [-0.05, 0) is 52.9 Å². The van der Waals surface area contributed by atoms with Gasteiger partial charge in [0, 0.05) is 20.1 Å². The molecule has 2 aromatic heterocycles. The van der Waals surface area contributed by atoms with E-state index in [1.54, 1.807) is 0 Å². The highest BCUT2D eigenvalue weighted by Gasteiger charge is 2.22. The van der Waals surface area contributed by atoms with Gasteiger partial charge in [-0.1, -0.05) is 60.7 Å². The van der Waals surface area contributed by atoms with Crippen LogP contribution >= 0.6 is 30.6 Å². The maximum atomic E-state index is 2.35. The molecule has 0 N–H and O–H groups in total. The summed E-state index contributed by atoms with van der Waals surface area (Å²) in [6, 6.07) is 28.9. The average Bonchev–Trinajstić information content (AvgIpc) is 3.32. The van der Waals surface area contributed by atoms with Gasteiger partial charge < -0.3 is 0 Å². The highest BCUT2D eigenvalue weighted by molar-refractivity contribution is 7.81. The lowest BCUT2D eigenvalue weighted by Crippen LogP contribution is -2.21. The largest absolute Gasteiger partial charge is 0.144 e. The molecule has 120 valence electrons. The minimum Gasteiger partial charge on any atom is -0.144 e. The normalized spacial score (nSPS) is 11.6. The zero-order valence-corrected chi connectivity index (χ0v) is 16.0. The molecule has 0 radical (unpaired) electrons. The topological polar surface area (TPSA) is 0 Å². The number of hydrogen-bond acceptors (Lipinski definition) is 2. The van der Waals surface area contributed by atoms with E-state index in [1.807, 2.05) is 22.7 Å². The van der Waals surface area contributed by atoms with E-state index in [0.29, 0.717) is 0 Å². The Hall–Kier alpha value is -1.99. The van der Waals surface area contributed by atoms with E-state index in [9.17, 15) is 0 Å². The van der Waals surface area contributed by atoms with E-state index in [1.165, 1.54) is 36.1 Å². The summed E-state index contributed by atoms with van der Waals surface area (Å²) in [5, 5.41) is 11.6. The molecule has 0 saturated heterocycles. The smallest absolute Gasteiger partial charge is 0.0433 e. The van der Waals surface area contributed by atoms with Crippen molar-refractivity contribution < 1.29 is 0 Å². The first kappa shape index (κ1) is 15.3. The van der Waals surface area contributed by atoms with Crippen LogP contribution in [0.1, 0.15) is 0 Å². The lowest BCUT2D eigenvalue weighted by atomic mass is 10.2. The third kappa shape index (κ3) is 2.62. The van der Waals surface area contributed by atoms with Gasteiger partial charge in [0.1, 0.15) is 0 Å². The van der Waals surface area contributed by atoms with Crippen molar-refractivity contribution in [2.45, 2.75) is 0 Å². The van der Waals surface area contributed by atoms with Gasteiger partial charge in [0.2, 0.25) is 0 Å². The van der Waals surface area contributed by atoms with Crippen LogP contribution in [-0.4, -0.2) is 0 Å². The van der Waals surface area contributed by atoms with Gasteiger partial charge in [-0.15, -0.1) is 22.7 Å². The second kappa shape index (κ2) is 6.38. The van der Waals surface area contributed by atoms with Crippen molar-refractivity contribution in [1.82, 2.24) is 0 Å². The Labute approximate surface area is 156 Å². The minimum absolute atomic E-state index is 0.577. The molecule has 0 spiro atoms. The molecule has 0 atom stereocenters. The standard InChI is InChI=1S/C22H15PS2/c1-3-7-17(8-4-1)23(18-9-5-2-6-10-18)21-19-12-14-24-20(19)15-16-11-13-25-22(16)21/h1-15H. The van der Waals surface area contributed by atoms with E-state index >= 15 is 0 Å². The van der Waals surface area contributed by atoms with E-state index in [-0.39, 0.29) is 0 Å². The van der Waals surface area contributed by atoms with Crippen molar-refractivity contribution in [3.63, 3.8) is 0 Å². The van der Waals surface area contributed by atoms with Crippen LogP contribution in [0, 0.1) is 0 Å². The van der Waals surface area contributed by atoms with E-state index < -0.39 is 7.92 Å². The van der Waals surface area contributed by atoms with Gasteiger partial charge in [-0.25, -0.2) is 0 Å². The van der Waals surface area contributed by atoms with Crippen LogP contribution in [-0.2, 0) is 0 Å². The maximum absolute atomic E-state index is 2.35. The molecule has 0 amide bonds. The summed E-state index contributed by atoms with van der Waals surface area (Å²) in [4.78, 5) is 0. The number of rotatable bonds is 3. The van der Waals surface area contributed by atoms with Gasteiger partial charge in [-0.3, -0.25) is 0 Å². The molecular formula is C22H15PS2. The van der Waals surface area contributed by atoms with Crippen LogP contribution in [0.25, 0.3) is 20.2 Å². The van der Waals surface area contributed by atoms with Crippen molar-refractivity contribution in [2.24, 2.45) is 0 Å². The molecule has 0 bridgehead atoms. The molecule has 0 aliphatic heterocycles. The van der Waals surface area contributed by atoms with Gasteiger partial charge in [-0.2, -0.15) is 0 Å². The summed E-state index contributed by atoms with van der Waals surface area (Å²) in [7, 11) is -0.577. The van der Waals surface area contributed by atoms with Gasteiger partial charge in [0.15, 0.2) is 0 Å². The quantitative estimate of drug-likeness (QED) is 0.346. The maximum Gasteiger partial charge on any atom is 0.0433 e. The Morgan fingerprint density at radius 1 is 0.640 bits per heavy atom. The van der Waals surface area contributed by atoms with E-state index in [0.717, 1.165) is 0 Å². The van der Waals surface area contributed by atoms with Crippen LogP contribution in [0.5, 0.6) is 0 Å². The third-order valence-electron chi connectivity index (χ3n) is 4.40. The predicted octanol–water partition coefficient (Wildman–Crippen LogP) is 5.87. The number of benzene rings is 3. The average molecular weight is 374 g/mol. The summed E-state index contributed by atoms with van der Waals surface area (Å²) in [5.74, 6) is 0. The second-order valence-electron chi connectivity index (χ2n) is 5.90. The lowest BCUT2D eigenvalue weighted by molar-refractivity contribution is 1.75. The molecule has 0 aliphatic carbocycles. The molecule has 0 saturated carbocycles. The highest BCUT2D eigenvalue weighted by Crippen LogP contribution is 2.41. The summed E-state index contributed by atoms with van der Waals surface area (Å²) in [6.07, 6.45) is 0. The van der Waals surface area contributed by atoms with E-state index in [4.69, 9.17) is 0 Å².